The van der Waals surface area contributed by atoms with Crippen LogP contribution in [0.15, 0.2) is 40.6 Å². The summed E-state index contributed by atoms with van der Waals surface area (Å²) in [7, 11) is -4.45. The molecule has 0 N–H and O–H groups in total. The van der Waals surface area contributed by atoms with Crippen molar-refractivity contribution in [3.8, 4) is 0 Å². The van der Waals surface area contributed by atoms with Crippen LogP contribution in [0.2, 0.25) is 0 Å². The number of sulfonamides is 1. The fraction of sp³-hybridized carbons (Fsp3) is 0.368. The molecule has 1 aliphatic heterocycles. The van der Waals surface area contributed by atoms with Crippen molar-refractivity contribution >= 4 is 49.5 Å². The Bertz CT molecular complexity index is 1050. The van der Waals surface area contributed by atoms with Crippen LogP contribution in [0, 0.1) is 9.39 Å². The topological polar surface area (TPSA) is 46.6 Å². The lowest BCUT2D eigenvalue weighted by Crippen LogP contribution is -2.42. The Morgan fingerprint density at radius 3 is 2.57 bits per heavy atom. The normalized spacial score (nSPS) is 16.6. The summed E-state index contributed by atoms with van der Waals surface area (Å²) in [4.78, 5) is 0.688. The molecule has 0 aliphatic carbocycles. The van der Waals surface area contributed by atoms with Gasteiger partial charge in [-0.05, 0) is 64.4 Å². The van der Waals surface area contributed by atoms with E-state index in [0.29, 0.717) is 28.8 Å². The van der Waals surface area contributed by atoms with Crippen LogP contribution in [0.5, 0.6) is 0 Å². The van der Waals surface area contributed by atoms with Crippen molar-refractivity contribution in [1.82, 2.24) is 4.31 Å². The second-order valence-corrected chi connectivity index (χ2v) is 10.9. The monoisotopic (exact) mass is 575 g/mol. The van der Waals surface area contributed by atoms with Crippen LogP contribution in [-0.4, -0.2) is 38.7 Å². The highest BCUT2D eigenvalue weighted by atomic mass is 127. The van der Waals surface area contributed by atoms with Gasteiger partial charge >= 0.3 is 6.18 Å². The smallest absolute Gasteiger partial charge is 0.377 e. The van der Waals surface area contributed by atoms with E-state index in [1.807, 2.05) is 6.08 Å². The predicted octanol–water partition coefficient (Wildman–Crippen LogP) is 5.61. The van der Waals surface area contributed by atoms with E-state index in [1.54, 1.807) is 28.7 Å². The van der Waals surface area contributed by atoms with E-state index in [1.165, 1.54) is 13.0 Å². The quantitative estimate of drug-likeness (QED) is 0.333. The molecule has 0 amide bonds. The van der Waals surface area contributed by atoms with E-state index >= 15 is 0 Å². The van der Waals surface area contributed by atoms with Crippen LogP contribution in [0.3, 0.4) is 0 Å². The number of benzene rings is 1. The zero-order chi connectivity index (χ0) is 22.1. The summed E-state index contributed by atoms with van der Waals surface area (Å²) in [6.45, 7) is 1.87. The number of thiophene rings is 1. The summed E-state index contributed by atoms with van der Waals surface area (Å²) < 4.78 is 87.4. The molecule has 3 rings (SSSR count). The fourth-order valence-corrected chi connectivity index (χ4v) is 6.84. The van der Waals surface area contributed by atoms with Crippen molar-refractivity contribution in [1.29, 1.82) is 0 Å². The molecule has 0 bridgehead atoms. The first-order chi connectivity index (χ1) is 14.1. The Morgan fingerprint density at radius 2 is 2.00 bits per heavy atom. The second kappa shape index (κ2) is 9.23. The van der Waals surface area contributed by atoms with E-state index in [-0.39, 0.29) is 13.3 Å². The lowest BCUT2D eigenvalue weighted by atomic mass is 10.1. The Kier molecular flexibility index (Phi) is 7.27. The van der Waals surface area contributed by atoms with Crippen LogP contribution in [0.1, 0.15) is 29.8 Å². The molecule has 11 heteroatoms. The van der Waals surface area contributed by atoms with Gasteiger partial charge in [-0.25, -0.2) is 12.8 Å². The third-order valence-electron chi connectivity index (χ3n) is 4.59. The maximum atomic E-state index is 14.0. The fourth-order valence-electron chi connectivity index (χ4n) is 3.19. The molecule has 30 heavy (non-hydrogen) atoms. The predicted molar refractivity (Wildman–Crippen MR) is 115 cm³/mol. The van der Waals surface area contributed by atoms with Crippen LogP contribution >= 0.6 is 33.9 Å². The van der Waals surface area contributed by atoms with Gasteiger partial charge in [0, 0.05) is 15.0 Å². The standard InChI is InChI=1S/C19H18F4INO3S2/c1-2-25(18(19(21,22)23)13-3-4-14(20)15(24)11-13)30(26,27)17-6-5-16(29-17)12-7-9-28-10-8-12/h3-7,11,18H,2,8-10H2,1H3. The summed E-state index contributed by atoms with van der Waals surface area (Å²) >= 11 is 2.52. The van der Waals surface area contributed by atoms with E-state index in [9.17, 15) is 26.0 Å². The molecule has 0 saturated heterocycles. The maximum Gasteiger partial charge on any atom is 0.409 e. The van der Waals surface area contributed by atoms with Gasteiger partial charge in [-0.15, -0.1) is 11.3 Å². The summed E-state index contributed by atoms with van der Waals surface area (Å²) in [6.07, 6.45) is -2.44. The molecular weight excluding hydrogens is 557 g/mol. The average molecular weight is 575 g/mol. The van der Waals surface area contributed by atoms with Gasteiger partial charge in [-0.3, -0.25) is 0 Å². The van der Waals surface area contributed by atoms with Gasteiger partial charge in [-0.1, -0.05) is 19.1 Å². The first-order valence-electron chi connectivity index (χ1n) is 8.96. The average Bonchev–Trinajstić information content (AvgIpc) is 3.19. The van der Waals surface area contributed by atoms with E-state index in [4.69, 9.17) is 4.74 Å². The van der Waals surface area contributed by atoms with Gasteiger partial charge in [0.1, 0.15) is 16.1 Å². The van der Waals surface area contributed by atoms with Crippen molar-refractivity contribution in [2.24, 2.45) is 0 Å². The Morgan fingerprint density at radius 1 is 1.27 bits per heavy atom. The SMILES string of the molecule is CCN(C(c1ccc(F)c(I)c1)C(F)(F)F)S(=O)(=O)c1ccc(C2=CCOCC2)s1. The molecule has 1 unspecified atom stereocenters. The zero-order valence-corrected chi connectivity index (χ0v) is 19.5. The minimum absolute atomic E-state index is 0.0161. The summed E-state index contributed by atoms with van der Waals surface area (Å²) in [5.74, 6) is -0.668. The first kappa shape index (κ1) is 23.6. The molecule has 4 nitrogen and oxygen atoms in total. The van der Waals surface area contributed by atoms with Gasteiger partial charge in [0.25, 0.3) is 10.0 Å². The molecule has 1 aromatic heterocycles. The van der Waals surface area contributed by atoms with Crippen molar-refractivity contribution < 1.29 is 30.7 Å². The number of halogens is 5. The number of ether oxygens (including phenoxy) is 1. The Hall–Kier alpha value is -1.02. The van der Waals surface area contributed by atoms with E-state index < -0.39 is 34.6 Å². The zero-order valence-electron chi connectivity index (χ0n) is 15.7. The molecule has 1 aliphatic rings. The third kappa shape index (κ3) is 4.90. The molecule has 0 saturated carbocycles. The molecule has 0 radical (unpaired) electrons. The Labute approximate surface area is 189 Å². The van der Waals surface area contributed by atoms with Crippen LogP contribution < -0.4 is 0 Å². The largest absolute Gasteiger partial charge is 0.409 e. The van der Waals surface area contributed by atoms with Gasteiger partial charge in [-0.2, -0.15) is 17.5 Å². The van der Waals surface area contributed by atoms with Crippen LogP contribution in [-0.2, 0) is 14.8 Å². The molecule has 2 heterocycles. The minimum Gasteiger partial charge on any atom is -0.377 e. The highest BCUT2D eigenvalue weighted by Crippen LogP contribution is 2.42. The van der Waals surface area contributed by atoms with Crippen molar-refractivity contribution in [3.63, 3.8) is 0 Å². The molecule has 0 spiro atoms. The van der Waals surface area contributed by atoms with Crippen LogP contribution in [0.4, 0.5) is 17.6 Å². The lowest BCUT2D eigenvalue weighted by molar-refractivity contribution is -0.173. The van der Waals surface area contributed by atoms with Crippen molar-refractivity contribution in [2.75, 3.05) is 19.8 Å². The number of nitrogens with zero attached hydrogens (tertiary/aromatic N) is 1. The molecule has 0 fully saturated rings. The van der Waals surface area contributed by atoms with Gasteiger partial charge in [0.05, 0.1) is 13.2 Å². The van der Waals surface area contributed by atoms with Crippen LogP contribution in [0.25, 0.3) is 5.57 Å². The van der Waals surface area contributed by atoms with Gasteiger partial charge in [0.15, 0.2) is 0 Å². The molecule has 164 valence electrons. The van der Waals surface area contributed by atoms with E-state index in [0.717, 1.165) is 35.1 Å². The maximum absolute atomic E-state index is 14.0. The third-order valence-corrected chi connectivity index (χ3v) is 8.99. The summed E-state index contributed by atoms with van der Waals surface area (Å²) in [5.41, 5.74) is 0.582. The highest BCUT2D eigenvalue weighted by Gasteiger charge is 2.49. The number of alkyl halides is 3. The summed E-state index contributed by atoms with van der Waals surface area (Å²) in [6, 6.07) is 3.42. The van der Waals surface area contributed by atoms with Gasteiger partial charge in [0.2, 0.25) is 0 Å². The van der Waals surface area contributed by atoms with Crippen molar-refractivity contribution in [2.45, 2.75) is 29.8 Å². The minimum atomic E-state index is -4.88. The molecule has 2 aromatic rings. The molecule has 1 atom stereocenters. The van der Waals surface area contributed by atoms with E-state index in [2.05, 4.69) is 0 Å². The summed E-state index contributed by atoms with van der Waals surface area (Å²) in [5, 5.41) is 0. The number of rotatable bonds is 6. The first-order valence-corrected chi connectivity index (χ1v) is 12.3. The molecular formula is C19H18F4INO3S2. The highest BCUT2D eigenvalue weighted by molar-refractivity contribution is 14.1. The lowest BCUT2D eigenvalue weighted by Gasteiger charge is -2.31. The molecule has 1 aromatic carbocycles. The number of hydrogen-bond donors (Lipinski definition) is 0. The number of hydrogen-bond acceptors (Lipinski definition) is 4. The second-order valence-electron chi connectivity index (χ2n) is 6.50. The Balaban J connectivity index is 2.03. The van der Waals surface area contributed by atoms with Crippen molar-refractivity contribution in [3.05, 3.63) is 56.2 Å². The van der Waals surface area contributed by atoms with Gasteiger partial charge < -0.3 is 4.74 Å².